The molecular formula is C16H21N3O3. The molecule has 118 valence electrons. The Labute approximate surface area is 129 Å². The summed E-state index contributed by atoms with van der Waals surface area (Å²) in [5.41, 5.74) is 1.85. The number of H-pyrrole nitrogens is 1. The van der Waals surface area contributed by atoms with Crippen LogP contribution in [0.4, 0.5) is 0 Å². The smallest absolute Gasteiger partial charge is 0.251 e. The van der Waals surface area contributed by atoms with Gasteiger partial charge in [0.15, 0.2) is 0 Å². The van der Waals surface area contributed by atoms with E-state index in [1.165, 1.54) is 0 Å². The van der Waals surface area contributed by atoms with E-state index in [0.29, 0.717) is 19.6 Å². The summed E-state index contributed by atoms with van der Waals surface area (Å²) in [6.45, 7) is 1.31. The lowest BCUT2D eigenvalue weighted by molar-refractivity contribution is -0.139. The van der Waals surface area contributed by atoms with Crippen molar-refractivity contribution in [2.45, 2.75) is 25.4 Å². The molecule has 0 unspecified atom stereocenters. The molecule has 6 heteroatoms. The number of nitrogens with zero attached hydrogens (tertiary/aromatic N) is 2. The second-order valence-electron chi connectivity index (χ2n) is 5.58. The second-order valence-corrected chi connectivity index (χ2v) is 5.58. The van der Waals surface area contributed by atoms with Gasteiger partial charge in [0, 0.05) is 32.7 Å². The normalized spacial score (nSPS) is 17.8. The molecule has 0 radical (unpaired) electrons. The van der Waals surface area contributed by atoms with E-state index in [2.05, 4.69) is 9.97 Å². The van der Waals surface area contributed by atoms with Gasteiger partial charge in [-0.25, -0.2) is 4.98 Å². The van der Waals surface area contributed by atoms with Crippen molar-refractivity contribution in [1.82, 2.24) is 14.9 Å². The number of carbonyl (C=O) groups excluding carboxylic acids is 1. The second kappa shape index (κ2) is 6.36. The summed E-state index contributed by atoms with van der Waals surface area (Å²) in [7, 11) is 3.46. The predicted octanol–water partition coefficient (Wildman–Crippen LogP) is 1.75. The summed E-state index contributed by atoms with van der Waals surface area (Å²) < 4.78 is 10.6. The highest BCUT2D eigenvalue weighted by Gasteiger charge is 2.26. The standard InChI is InChI=1S/C16H21N3O3/c1-19(16(20)14-4-3-9-22-14)8-7-15-17-12-6-5-11(21-2)10-13(12)18-15/h5-6,10,14H,3-4,7-9H2,1-2H3,(H,17,18)/t14-/m1/s1. The monoisotopic (exact) mass is 303 g/mol. The molecule has 1 aromatic heterocycles. The zero-order valence-electron chi connectivity index (χ0n) is 13.0. The van der Waals surface area contributed by atoms with Gasteiger partial charge in [0.25, 0.3) is 5.91 Å². The first-order chi connectivity index (χ1) is 10.7. The average molecular weight is 303 g/mol. The molecule has 1 aromatic carbocycles. The summed E-state index contributed by atoms with van der Waals surface area (Å²) in [6, 6.07) is 5.74. The minimum absolute atomic E-state index is 0.0651. The Bertz CT molecular complexity index is 662. The van der Waals surface area contributed by atoms with Crippen LogP contribution in [0.15, 0.2) is 18.2 Å². The molecule has 22 heavy (non-hydrogen) atoms. The Morgan fingerprint density at radius 3 is 3.14 bits per heavy atom. The van der Waals surface area contributed by atoms with Crippen LogP contribution in [-0.2, 0) is 16.0 Å². The van der Waals surface area contributed by atoms with Gasteiger partial charge < -0.3 is 19.4 Å². The molecule has 6 nitrogen and oxygen atoms in total. The average Bonchev–Trinajstić information content (AvgIpc) is 3.19. The van der Waals surface area contributed by atoms with Crippen LogP contribution in [0.25, 0.3) is 11.0 Å². The molecule has 1 N–H and O–H groups in total. The van der Waals surface area contributed by atoms with Gasteiger partial charge in [-0.1, -0.05) is 0 Å². The number of ether oxygens (including phenoxy) is 2. The summed E-state index contributed by atoms with van der Waals surface area (Å²) in [6.07, 6.45) is 2.22. The van der Waals surface area contributed by atoms with Gasteiger partial charge in [-0.05, 0) is 25.0 Å². The number of hydrogen-bond acceptors (Lipinski definition) is 4. The van der Waals surface area contributed by atoms with Crippen molar-refractivity contribution in [3.05, 3.63) is 24.0 Å². The highest BCUT2D eigenvalue weighted by atomic mass is 16.5. The molecule has 2 aromatic rings. The first-order valence-corrected chi connectivity index (χ1v) is 7.56. The van der Waals surface area contributed by atoms with Crippen LogP contribution >= 0.6 is 0 Å². The molecule has 0 bridgehead atoms. The quantitative estimate of drug-likeness (QED) is 0.914. The summed E-state index contributed by atoms with van der Waals surface area (Å²) in [5, 5.41) is 0. The van der Waals surface area contributed by atoms with Gasteiger partial charge in [0.2, 0.25) is 0 Å². The Hall–Kier alpha value is -2.08. The van der Waals surface area contributed by atoms with Crippen molar-refractivity contribution in [2.75, 3.05) is 27.3 Å². The van der Waals surface area contributed by atoms with E-state index in [4.69, 9.17) is 9.47 Å². The first kappa shape index (κ1) is 14.8. The minimum atomic E-state index is -0.259. The molecule has 1 aliphatic rings. The third-order valence-electron chi connectivity index (χ3n) is 4.00. The zero-order chi connectivity index (χ0) is 15.5. The number of nitrogens with one attached hydrogen (secondary N) is 1. The van der Waals surface area contributed by atoms with Crippen LogP contribution in [0.3, 0.4) is 0 Å². The maximum atomic E-state index is 12.2. The highest BCUT2D eigenvalue weighted by Crippen LogP contribution is 2.19. The lowest BCUT2D eigenvalue weighted by Crippen LogP contribution is -2.37. The number of benzene rings is 1. The van der Waals surface area contributed by atoms with Crippen LogP contribution in [0.2, 0.25) is 0 Å². The Morgan fingerprint density at radius 2 is 2.41 bits per heavy atom. The van der Waals surface area contributed by atoms with Gasteiger partial charge in [-0.2, -0.15) is 0 Å². The van der Waals surface area contributed by atoms with Crippen molar-refractivity contribution in [3.8, 4) is 5.75 Å². The summed E-state index contributed by atoms with van der Waals surface area (Å²) in [4.78, 5) is 21.7. The molecule has 0 spiro atoms. The van der Waals surface area contributed by atoms with Gasteiger partial charge in [-0.3, -0.25) is 4.79 Å². The van der Waals surface area contributed by atoms with Crippen molar-refractivity contribution < 1.29 is 14.3 Å². The Kier molecular flexibility index (Phi) is 4.29. The topological polar surface area (TPSA) is 67.4 Å². The number of amides is 1. The van der Waals surface area contributed by atoms with Crippen molar-refractivity contribution in [1.29, 1.82) is 0 Å². The van der Waals surface area contributed by atoms with Crippen LogP contribution in [0.5, 0.6) is 5.75 Å². The molecule has 1 fully saturated rings. The molecule has 1 aliphatic heterocycles. The van der Waals surface area contributed by atoms with E-state index in [9.17, 15) is 4.79 Å². The molecule has 0 saturated carbocycles. The first-order valence-electron chi connectivity index (χ1n) is 7.56. The summed E-state index contributed by atoms with van der Waals surface area (Å²) in [5.74, 6) is 1.74. The summed E-state index contributed by atoms with van der Waals surface area (Å²) >= 11 is 0. The van der Waals surface area contributed by atoms with Crippen LogP contribution in [-0.4, -0.2) is 54.2 Å². The van der Waals surface area contributed by atoms with Crippen LogP contribution < -0.4 is 4.74 Å². The number of aromatic nitrogens is 2. The molecule has 1 atom stereocenters. The Morgan fingerprint density at radius 1 is 1.55 bits per heavy atom. The third-order valence-corrected chi connectivity index (χ3v) is 4.00. The van der Waals surface area contributed by atoms with E-state index in [1.54, 1.807) is 12.0 Å². The molecule has 1 saturated heterocycles. The van der Waals surface area contributed by atoms with E-state index in [0.717, 1.165) is 35.4 Å². The predicted molar refractivity (Wildman–Crippen MR) is 83.0 cm³/mol. The molecule has 0 aliphatic carbocycles. The SMILES string of the molecule is COc1ccc2nc(CCN(C)C(=O)[C@H]3CCCO3)[nH]c2c1. The maximum absolute atomic E-state index is 12.2. The fourth-order valence-electron chi connectivity index (χ4n) is 2.69. The van der Waals surface area contributed by atoms with Gasteiger partial charge >= 0.3 is 0 Å². The number of carbonyl (C=O) groups is 1. The highest BCUT2D eigenvalue weighted by molar-refractivity contribution is 5.81. The minimum Gasteiger partial charge on any atom is -0.497 e. The Balaban J connectivity index is 1.62. The van der Waals surface area contributed by atoms with E-state index < -0.39 is 0 Å². The fraction of sp³-hybridized carbons (Fsp3) is 0.500. The van der Waals surface area contributed by atoms with Crippen molar-refractivity contribution in [3.63, 3.8) is 0 Å². The fourth-order valence-corrected chi connectivity index (χ4v) is 2.69. The maximum Gasteiger partial charge on any atom is 0.251 e. The number of imidazole rings is 1. The zero-order valence-corrected chi connectivity index (χ0v) is 13.0. The number of methoxy groups -OCH3 is 1. The number of likely N-dealkylation sites (N-methyl/N-ethyl adjacent to an activating group) is 1. The third kappa shape index (κ3) is 3.06. The molecule has 1 amide bonds. The van der Waals surface area contributed by atoms with Gasteiger partial charge in [0.1, 0.15) is 17.7 Å². The number of fused-ring (bicyclic) bond motifs is 1. The number of hydrogen-bond donors (Lipinski definition) is 1. The molecule has 3 rings (SSSR count). The molecular weight excluding hydrogens is 282 g/mol. The van der Waals surface area contributed by atoms with Gasteiger partial charge in [-0.15, -0.1) is 0 Å². The van der Waals surface area contributed by atoms with Gasteiger partial charge in [0.05, 0.1) is 18.1 Å². The lowest BCUT2D eigenvalue weighted by atomic mass is 10.2. The lowest BCUT2D eigenvalue weighted by Gasteiger charge is -2.19. The number of aromatic amines is 1. The van der Waals surface area contributed by atoms with Crippen LogP contribution in [0.1, 0.15) is 18.7 Å². The van der Waals surface area contributed by atoms with Crippen LogP contribution in [0, 0.1) is 0 Å². The van der Waals surface area contributed by atoms with E-state index in [1.807, 2.05) is 25.2 Å². The van der Waals surface area contributed by atoms with E-state index in [-0.39, 0.29) is 12.0 Å². The van der Waals surface area contributed by atoms with Crippen molar-refractivity contribution >= 4 is 16.9 Å². The molecule has 2 heterocycles. The van der Waals surface area contributed by atoms with Crippen molar-refractivity contribution in [2.24, 2.45) is 0 Å². The number of rotatable bonds is 5. The largest absolute Gasteiger partial charge is 0.497 e. The van der Waals surface area contributed by atoms with E-state index >= 15 is 0 Å².